The Morgan fingerprint density at radius 3 is 2.59 bits per heavy atom. The van der Waals surface area contributed by atoms with Gasteiger partial charge in [-0.2, -0.15) is 0 Å². The van der Waals surface area contributed by atoms with Crippen molar-refractivity contribution in [1.29, 1.82) is 0 Å². The van der Waals surface area contributed by atoms with E-state index in [-0.39, 0.29) is 0 Å². The Bertz CT molecular complexity index is 221. The average molecular weight is 241 g/mol. The second kappa shape index (κ2) is 6.14. The van der Waals surface area contributed by atoms with Gasteiger partial charge in [-0.3, -0.25) is 0 Å². The molecule has 3 N–H and O–H groups in total. The van der Waals surface area contributed by atoms with Gasteiger partial charge in [-0.15, -0.1) is 0 Å². The van der Waals surface area contributed by atoms with Crippen LogP contribution >= 0.6 is 0 Å². The van der Waals surface area contributed by atoms with Crippen molar-refractivity contribution in [2.24, 2.45) is 5.73 Å². The molecule has 0 bridgehead atoms. The summed E-state index contributed by atoms with van der Waals surface area (Å²) in [6.45, 7) is 8.71. The summed E-state index contributed by atoms with van der Waals surface area (Å²) in [7, 11) is 0. The van der Waals surface area contributed by atoms with Crippen LogP contribution in [0, 0.1) is 0 Å². The molecule has 2 aliphatic rings. The van der Waals surface area contributed by atoms with Gasteiger partial charge in [0.05, 0.1) is 0 Å². The number of piperidine rings is 1. The van der Waals surface area contributed by atoms with Gasteiger partial charge in [0, 0.05) is 37.9 Å². The lowest BCUT2D eigenvalue weighted by atomic mass is 9.92. The molecule has 2 aliphatic heterocycles. The smallest absolute Gasteiger partial charge is 0.0483 e. The minimum absolute atomic E-state index is 0.296. The lowest BCUT2D eigenvalue weighted by Crippen LogP contribution is -2.50. The van der Waals surface area contributed by atoms with E-state index in [1.165, 1.54) is 13.1 Å². The Morgan fingerprint density at radius 1 is 1.29 bits per heavy atom. The Hall–Kier alpha value is -0.160. The van der Waals surface area contributed by atoms with Crippen LogP contribution < -0.4 is 11.1 Å². The molecule has 4 nitrogen and oxygen atoms in total. The number of nitrogens with two attached hydrogens (primary N) is 1. The minimum Gasteiger partial charge on any atom is -0.381 e. The van der Waals surface area contributed by atoms with Crippen molar-refractivity contribution in [2.45, 2.75) is 44.2 Å². The van der Waals surface area contributed by atoms with E-state index >= 15 is 0 Å². The number of rotatable bonds is 4. The first-order chi connectivity index (χ1) is 8.18. The monoisotopic (exact) mass is 241 g/mol. The zero-order valence-corrected chi connectivity index (χ0v) is 11.1. The first kappa shape index (κ1) is 13.3. The van der Waals surface area contributed by atoms with Crippen molar-refractivity contribution in [2.75, 3.05) is 39.4 Å². The molecule has 2 heterocycles. The summed E-state index contributed by atoms with van der Waals surface area (Å²) in [5, 5.41) is 3.70. The maximum Gasteiger partial charge on any atom is 0.0483 e. The fourth-order valence-electron chi connectivity index (χ4n) is 2.69. The zero-order valence-electron chi connectivity index (χ0n) is 11.1. The molecule has 2 saturated heterocycles. The summed E-state index contributed by atoms with van der Waals surface area (Å²) in [6, 6.07) is 0.437. The van der Waals surface area contributed by atoms with Gasteiger partial charge in [0.2, 0.25) is 0 Å². The molecule has 0 saturated carbocycles. The summed E-state index contributed by atoms with van der Waals surface area (Å²) in [4.78, 5) is 2.53. The first-order valence-corrected chi connectivity index (χ1v) is 6.99. The lowest BCUT2D eigenvalue weighted by molar-refractivity contribution is 0.0440. The van der Waals surface area contributed by atoms with Crippen LogP contribution in [0.25, 0.3) is 0 Å². The van der Waals surface area contributed by atoms with Crippen LogP contribution in [0.3, 0.4) is 0 Å². The summed E-state index contributed by atoms with van der Waals surface area (Å²) in [6.07, 6.45) is 4.59. The summed E-state index contributed by atoms with van der Waals surface area (Å²) in [5.41, 5.74) is 6.20. The highest BCUT2D eigenvalue weighted by Gasteiger charge is 2.26. The van der Waals surface area contributed by atoms with E-state index < -0.39 is 0 Å². The zero-order chi connectivity index (χ0) is 12.1. The highest BCUT2D eigenvalue weighted by molar-refractivity contribution is 4.85. The summed E-state index contributed by atoms with van der Waals surface area (Å²) in [5.74, 6) is 0. The molecule has 0 aromatic carbocycles. The Labute approximate surface area is 105 Å². The number of ether oxygens (including phenoxy) is 1. The lowest BCUT2D eigenvalue weighted by Gasteiger charge is -2.36. The number of nitrogens with one attached hydrogen (secondary N) is 1. The van der Waals surface area contributed by atoms with Gasteiger partial charge in [-0.25, -0.2) is 0 Å². The van der Waals surface area contributed by atoms with Gasteiger partial charge in [-0.05, 0) is 45.7 Å². The fourth-order valence-corrected chi connectivity index (χ4v) is 2.69. The third-order valence-electron chi connectivity index (χ3n) is 4.21. The fraction of sp³-hybridized carbons (Fsp3) is 1.00. The highest BCUT2D eigenvalue weighted by Crippen LogP contribution is 2.19. The molecule has 0 atom stereocenters. The Morgan fingerprint density at radius 2 is 1.94 bits per heavy atom. The van der Waals surface area contributed by atoms with Crippen molar-refractivity contribution in [1.82, 2.24) is 10.2 Å². The van der Waals surface area contributed by atoms with E-state index in [9.17, 15) is 0 Å². The van der Waals surface area contributed by atoms with Gasteiger partial charge < -0.3 is 20.7 Å². The predicted molar refractivity (Wildman–Crippen MR) is 70.1 cm³/mol. The molecule has 0 spiro atoms. The molecule has 0 aromatic heterocycles. The third kappa shape index (κ3) is 4.21. The predicted octanol–water partition coefficient (Wildman–Crippen LogP) is 0.568. The van der Waals surface area contributed by atoms with E-state index in [2.05, 4.69) is 17.1 Å². The number of likely N-dealkylation sites (tertiary alicyclic amines) is 1. The number of hydrogen-bond acceptors (Lipinski definition) is 4. The van der Waals surface area contributed by atoms with Crippen LogP contribution in [0.5, 0.6) is 0 Å². The van der Waals surface area contributed by atoms with Crippen molar-refractivity contribution in [3.8, 4) is 0 Å². The second-order valence-corrected chi connectivity index (χ2v) is 5.78. The van der Waals surface area contributed by atoms with Crippen molar-refractivity contribution < 1.29 is 4.74 Å². The molecule has 17 heavy (non-hydrogen) atoms. The minimum atomic E-state index is 0.296. The molecule has 4 heteroatoms. The molecule has 2 fully saturated rings. The summed E-state index contributed by atoms with van der Waals surface area (Å²) >= 11 is 0. The Kier molecular flexibility index (Phi) is 4.79. The normalized spacial score (nSPS) is 27.2. The molecule has 100 valence electrons. The standard InChI is InChI=1S/C13H27N3O/c1-13(4-10-17-11-5-13)15-6-9-16-7-2-12(14)3-8-16/h12,15H,2-11,14H2,1H3. The molecule has 0 radical (unpaired) electrons. The van der Waals surface area contributed by atoms with Crippen LogP contribution in [0.15, 0.2) is 0 Å². The van der Waals surface area contributed by atoms with E-state index in [1.807, 2.05) is 0 Å². The number of hydrogen-bond donors (Lipinski definition) is 2. The highest BCUT2D eigenvalue weighted by atomic mass is 16.5. The quantitative estimate of drug-likeness (QED) is 0.755. The maximum atomic E-state index is 5.91. The first-order valence-electron chi connectivity index (χ1n) is 6.99. The molecular weight excluding hydrogens is 214 g/mol. The molecule has 0 aromatic rings. The van der Waals surface area contributed by atoms with E-state index in [1.54, 1.807) is 0 Å². The van der Waals surface area contributed by atoms with E-state index in [0.29, 0.717) is 11.6 Å². The molecule has 0 unspecified atom stereocenters. The van der Waals surface area contributed by atoms with Crippen LogP contribution in [-0.4, -0.2) is 55.9 Å². The summed E-state index contributed by atoms with van der Waals surface area (Å²) < 4.78 is 5.41. The van der Waals surface area contributed by atoms with Gasteiger partial charge >= 0.3 is 0 Å². The second-order valence-electron chi connectivity index (χ2n) is 5.78. The van der Waals surface area contributed by atoms with Gasteiger partial charge in [-0.1, -0.05) is 0 Å². The molecule has 0 amide bonds. The van der Waals surface area contributed by atoms with Crippen molar-refractivity contribution >= 4 is 0 Å². The molecular formula is C13H27N3O. The van der Waals surface area contributed by atoms with Gasteiger partial charge in [0.25, 0.3) is 0 Å². The number of nitrogens with zero attached hydrogens (tertiary/aromatic N) is 1. The van der Waals surface area contributed by atoms with E-state index in [0.717, 1.165) is 52.0 Å². The molecule has 0 aliphatic carbocycles. The SMILES string of the molecule is CC1(NCCN2CCC(N)CC2)CCOCC1. The third-order valence-corrected chi connectivity index (χ3v) is 4.21. The maximum absolute atomic E-state index is 5.91. The van der Waals surface area contributed by atoms with Crippen LogP contribution in [0.1, 0.15) is 32.6 Å². The van der Waals surface area contributed by atoms with Crippen LogP contribution in [-0.2, 0) is 4.74 Å². The molecule has 2 rings (SSSR count). The van der Waals surface area contributed by atoms with Gasteiger partial charge in [0.15, 0.2) is 0 Å². The van der Waals surface area contributed by atoms with Crippen molar-refractivity contribution in [3.63, 3.8) is 0 Å². The largest absolute Gasteiger partial charge is 0.381 e. The van der Waals surface area contributed by atoms with Crippen LogP contribution in [0.2, 0.25) is 0 Å². The Balaban J connectivity index is 1.62. The van der Waals surface area contributed by atoms with E-state index in [4.69, 9.17) is 10.5 Å². The topological polar surface area (TPSA) is 50.5 Å². The van der Waals surface area contributed by atoms with Gasteiger partial charge in [0.1, 0.15) is 0 Å². The average Bonchev–Trinajstić information content (AvgIpc) is 2.32. The van der Waals surface area contributed by atoms with Crippen LogP contribution in [0.4, 0.5) is 0 Å². The van der Waals surface area contributed by atoms with Crippen molar-refractivity contribution in [3.05, 3.63) is 0 Å².